The Balaban J connectivity index is 3.21. The third-order valence-electron chi connectivity index (χ3n) is 2.45. The van der Waals surface area contributed by atoms with Crippen molar-refractivity contribution >= 4 is 11.6 Å². The van der Waals surface area contributed by atoms with Gasteiger partial charge in [0.2, 0.25) is 5.69 Å². The van der Waals surface area contributed by atoms with E-state index in [1.165, 1.54) is 17.2 Å². The van der Waals surface area contributed by atoms with Gasteiger partial charge in [0.25, 0.3) is 5.91 Å². The zero-order valence-corrected chi connectivity index (χ0v) is 10.1. The number of hydrogen-bond acceptors (Lipinski definition) is 4. The largest absolute Gasteiger partial charge is 0.338 e. The number of carbonyl (C=O) groups excluding carboxylic acids is 1. The molecule has 6 heteroatoms. The monoisotopic (exact) mass is 237 g/mol. The predicted octanol–water partition coefficient (Wildman–Crippen LogP) is 1.78. The molecule has 0 aliphatic rings. The number of aromatic nitrogens is 1. The van der Waals surface area contributed by atoms with Gasteiger partial charge in [0, 0.05) is 25.4 Å². The van der Waals surface area contributed by atoms with Gasteiger partial charge in [0.15, 0.2) is 0 Å². The molecule has 0 aliphatic carbocycles. The van der Waals surface area contributed by atoms with Crippen LogP contribution in [0.5, 0.6) is 0 Å². The summed E-state index contributed by atoms with van der Waals surface area (Å²) >= 11 is 0. The van der Waals surface area contributed by atoms with Crippen LogP contribution < -0.4 is 0 Å². The van der Waals surface area contributed by atoms with Crippen LogP contribution in [0.4, 0.5) is 5.69 Å². The van der Waals surface area contributed by atoms with E-state index in [-0.39, 0.29) is 11.4 Å². The first-order valence-corrected chi connectivity index (χ1v) is 5.41. The maximum atomic E-state index is 12.0. The second-order valence-electron chi connectivity index (χ2n) is 3.61. The summed E-state index contributed by atoms with van der Waals surface area (Å²) in [4.78, 5) is 27.7. The van der Waals surface area contributed by atoms with Gasteiger partial charge < -0.3 is 4.90 Å². The Bertz CT molecular complexity index is 442. The van der Waals surface area contributed by atoms with Gasteiger partial charge in [-0.25, -0.2) is 4.98 Å². The number of hydrogen-bond donors (Lipinski definition) is 0. The lowest BCUT2D eigenvalue weighted by Crippen LogP contribution is -2.31. The van der Waals surface area contributed by atoms with E-state index < -0.39 is 10.8 Å². The van der Waals surface area contributed by atoms with Crippen molar-refractivity contribution in [3.63, 3.8) is 0 Å². The van der Waals surface area contributed by atoms with Crippen molar-refractivity contribution in [3.05, 3.63) is 33.6 Å². The Morgan fingerprint density at radius 3 is 2.53 bits per heavy atom. The number of rotatable bonds is 4. The first-order valence-electron chi connectivity index (χ1n) is 5.41. The van der Waals surface area contributed by atoms with Crippen LogP contribution in [0.1, 0.15) is 29.9 Å². The molecule has 0 bridgehead atoms. The van der Waals surface area contributed by atoms with Crippen molar-refractivity contribution in [2.45, 2.75) is 20.8 Å². The van der Waals surface area contributed by atoms with Gasteiger partial charge in [-0.2, -0.15) is 0 Å². The zero-order chi connectivity index (χ0) is 13.0. The quantitative estimate of drug-likeness (QED) is 0.590. The van der Waals surface area contributed by atoms with Gasteiger partial charge >= 0.3 is 5.69 Å². The summed E-state index contributed by atoms with van der Waals surface area (Å²) in [6.45, 7) is 6.35. The van der Waals surface area contributed by atoms with Crippen molar-refractivity contribution in [1.29, 1.82) is 0 Å². The van der Waals surface area contributed by atoms with E-state index in [0.29, 0.717) is 18.7 Å². The van der Waals surface area contributed by atoms with Crippen LogP contribution in [0.25, 0.3) is 0 Å². The summed E-state index contributed by atoms with van der Waals surface area (Å²) in [6.07, 6.45) is 1.46. The molecular formula is C11H15N3O3. The van der Waals surface area contributed by atoms with E-state index in [9.17, 15) is 14.9 Å². The van der Waals surface area contributed by atoms with Crippen LogP contribution in [0.15, 0.2) is 12.3 Å². The highest BCUT2D eigenvalue weighted by molar-refractivity contribution is 5.96. The molecule has 1 heterocycles. The highest BCUT2D eigenvalue weighted by Gasteiger charge is 2.24. The minimum absolute atomic E-state index is 0.0932. The number of amides is 1. The fraction of sp³-hybridized carbons (Fsp3) is 0.455. The molecule has 0 unspecified atom stereocenters. The molecule has 0 atom stereocenters. The van der Waals surface area contributed by atoms with Gasteiger partial charge in [-0.05, 0) is 26.3 Å². The van der Waals surface area contributed by atoms with Gasteiger partial charge in [0.05, 0.1) is 4.92 Å². The number of aryl methyl sites for hydroxylation is 1. The van der Waals surface area contributed by atoms with E-state index in [2.05, 4.69) is 4.98 Å². The summed E-state index contributed by atoms with van der Waals surface area (Å²) < 4.78 is 0. The van der Waals surface area contributed by atoms with E-state index in [1.807, 2.05) is 13.8 Å². The Morgan fingerprint density at radius 1 is 1.47 bits per heavy atom. The van der Waals surface area contributed by atoms with Crippen LogP contribution in [-0.2, 0) is 0 Å². The standard InChI is InChI=1S/C11H15N3O3/c1-4-13(5-2)11(15)10-9(14(16)17)6-8(3)7-12-10/h6-7H,4-5H2,1-3H3. The molecule has 0 fully saturated rings. The van der Waals surface area contributed by atoms with Gasteiger partial charge in [0.1, 0.15) is 0 Å². The number of nitro groups is 1. The molecule has 6 nitrogen and oxygen atoms in total. The minimum atomic E-state index is -0.573. The van der Waals surface area contributed by atoms with Crippen LogP contribution in [0.3, 0.4) is 0 Å². The van der Waals surface area contributed by atoms with Crippen molar-refractivity contribution < 1.29 is 9.72 Å². The molecule has 1 amide bonds. The SMILES string of the molecule is CCN(CC)C(=O)c1ncc(C)cc1[N+](=O)[O-]. The number of pyridine rings is 1. The van der Waals surface area contributed by atoms with Crippen LogP contribution >= 0.6 is 0 Å². The molecule has 0 radical (unpaired) electrons. The summed E-state index contributed by atoms with van der Waals surface area (Å²) in [5.74, 6) is -0.401. The number of carbonyl (C=O) groups is 1. The molecule has 1 rings (SSSR count). The summed E-state index contributed by atoms with van der Waals surface area (Å²) in [6, 6.07) is 1.36. The van der Waals surface area contributed by atoms with Crippen LogP contribution in [0, 0.1) is 17.0 Å². The molecule has 0 N–H and O–H groups in total. The van der Waals surface area contributed by atoms with Crippen molar-refractivity contribution in [2.75, 3.05) is 13.1 Å². The molecule has 0 saturated carbocycles. The lowest BCUT2D eigenvalue weighted by molar-refractivity contribution is -0.385. The fourth-order valence-corrected chi connectivity index (χ4v) is 1.52. The maximum absolute atomic E-state index is 12.0. The summed E-state index contributed by atoms with van der Waals surface area (Å²) in [7, 11) is 0. The van der Waals surface area contributed by atoms with E-state index >= 15 is 0 Å². The third kappa shape index (κ3) is 2.77. The summed E-state index contributed by atoms with van der Waals surface area (Å²) in [5.41, 5.74) is 0.332. The lowest BCUT2D eigenvalue weighted by Gasteiger charge is -2.17. The molecule has 0 saturated heterocycles. The Labute approximate surface area is 99.4 Å². The fourth-order valence-electron chi connectivity index (χ4n) is 1.52. The first-order chi connectivity index (χ1) is 8.01. The minimum Gasteiger partial charge on any atom is -0.338 e. The van der Waals surface area contributed by atoms with E-state index in [0.717, 1.165) is 0 Å². The molecule has 17 heavy (non-hydrogen) atoms. The Hall–Kier alpha value is -1.98. The van der Waals surface area contributed by atoms with Gasteiger partial charge in [-0.15, -0.1) is 0 Å². The third-order valence-corrected chi connectivity index (χ3v) is 2.45. The maximum Gasteiger partial charge on any atom is 0.300 e. The Morgan fingerprint density at radius 2 is 2.06 bits per heavy atom. The van der Waals surface area contributed by atoms with Crippen molar-refractivity contribution in [1.82, 2.24) is 9.88 Å². The number of nitrogens with zero attached hydrogens (tertiary/aromatic N) is 3. The Kier molecular flexibility index (Phi) is 4.14. The molecule has 0 aliphatic heterocycles. The van der Waals surface area contributed by atoms with Crippen LogP contribution in [0.2, 0.25) is 0 Å². The van der Waals surface area contributed by atoms with E-state index in [4.69, 9.17) is 0 Å². The predicted molar refractivity (Wildman–Crippen MR) is 62.9 cm³/mol. The van der Waals surface area contributed by atoms with Gasteiger partial charge in [-0.3, -0.25) is 14.9 Å². The second kappa shape index (κ2) is 5.38. The van der Waals surface area contributed by atoms with Crippen molar-refractivity contribution in [2.24, 2.45) is 0 Å². The average Bonchev–Trinajstić information content (AvgIpc) is 2.30. The first kappa shape index (κ1) is 13.1. The molecule has 1 aromatic heterocycles. The highest BCUT2D eigenvalue weighted by atomic mass is 16.6. The smallest absolute Gasteiger partial charge is 0.300 e. The zero-order valence-electron chi connectivity index (χ0n) is 10.1. The summed E-state index contributed by atoms with van der Waals surface area (Å²) in [5, 5.41) is 10.9. The molecular weight excluding hydrogens is 222 g/mol. The van der Waals surface area contributed by atoms with E-state index in [1.54, 1.807) is 6.92 Å². The molecule has 1 aromatic rings. The van der Waals surface area contributed by atoms with Gasteiger partial charge in [-0.1, -0.05) is 0 Å². The van der Waals surface area contributed by atoms with Crippen LogP contribution in [-0.4, -0.2) is 33.8 Å². The molecule has 92 valence electrons. The topological polar surface area (TPSA) is 76.3 Å². The normalized spacial score (nSPS) is 10.1. The molecule has 0 aromatic carbocycles. The van der Waals surface area contributed by atoms with Crippen molar-refractivity contribution in [3.8, 4) is 0 Å². The second-order valence-corrected chi connectivity index (χ2v) is 3.61. The lowest BCUT2D eigenvalue weighted by atomic mass is 10.2. The average molecular weight is 237 g/mol. The molecule has 0 spiro atoms. The highest BCUT2D eigenvalue weighted by Crippen LogP contribution is 2.19.